The Hall–Kier alpha value is -2.33. The molecular formula is C19H25N5O3S2. The number of ether oxygens (including phenoxy) is 1. The number of hydrogen-bond donors (Lipinski definition) is 1. The first-order valence-corrected chi connectivity index (χ1v) is 11.2. The van der Waals surface area contributed by atoms with Crippen molar-refractivity contribution in [3.05, 3.63) is 29.8 Å². The number of nitrogens with two attached hydrogens (primary N) is 1. The SMILES string of the molecule is CC(C)c1ccc(OCC(=O)N2CCN(c3nnc(SCC(N)=O)s3)CC2)cc1. The molecule has 2 heterocycles. The molecule has 29 heavy (non-hydrogen) atoms. The number of piperazine rings is 1. The Bertz CT molecular complexity index is 833. The fourth-order valence-electron chi connectivity index (χ4n) is 2.85. The number of benzene rings is 1. The largest absolute Gasteiger partial charge is 0.484 e. The van der Waals surface area contributed by atoms with Gasteiger partial charge in [0.2, 0.25) is 11.0 Å². The highest BCUT2D eigenvalue weighted by Crippen LogP contribution is 2.28. The fourth-order valence-corrected chi connectivity index (χ4v) is 4.49. The van der Waals surface area contributed by atoms with Crippen LogP contribution in [0.5, 0.6) is 5.75 Å². The third-order valence-corrected chi connectivity index (χ3v) is 6.69. The highest BCUT2D eigenvalue weighted by atomic mass is 32.2. The van der Waals surface area contributed by atoms with E-state index in [4.69, 9.17) is 10.5 Å². The second kappa shape index (κ2) is 9.93. The molecular weight excluding hydrogens is 410 g/mol. The molecule has 156 valence electrons. The second-order valence-corrected chi connectivity index (χ2v) is 9.16. The number of thioether (sulfide) groups is 1. The van der Waals surface area contributed by atoms with Crippen LogP contribution in [0.3, 0.4) is 0 Å². The average Bonchev–Trinajstić information content (AvgIpc) is 3.20. The van der Waals surface area contributed by atoms with Crippen LogP contribution >= 0.6 is 23.1 Å². The Kier molecular flexibility index (Phi) is 7.32. The topological polar surface area (TPSA) is 102 Å². The summed E-state index contributed by atoms with van der Waals surface area (Å²) in [6, 6.07) is 7.87. The molecule has 3 rings (SSSR count). The number of aromatic nitrogens is 2. The predicted molar refractivity (Wildman–Crippen MR) is 115 cm³/mol. The van der Waals surface area contributed by atoms with Crippen molar-refractivity contribution in [3.8, 4) is 5.75 Å². The predicted octanol–water partition coefficient (Wildman–Crippen LogP) is 1.97. The summed E-state index contributed by atoms with van der Waals surface area (Å²) >= 11 is 2.72. The lowest BCUT2D eigenvalue weighted by Gasteiger charge is -2.34. The third kappa shape index (κ3) is 6.07. The highest BCUT2D eigenvalue weighted by Gasteiger charge is 2.23. The van der Waals surface area contributed by atoms with Gasteiger partial charge in [0, 0.05) is 26.2 Å². The van der Waals surface area contributed by atoms with Crippen LogP contribution in [-0.4, -0.2) is 65.5 Å². The Morgan fingerprint density at radius 3 is 2.48 bits per heavy atom. The lowest BCUT2D eigenvalue weighted by Crippen LogP contribution is -2.50. The number of anilines is 1. The Balaban J connectivity index is 1.44. The number of carbonyl (C=O) groups is 2. The quantitative estimate of drug-likeness (QED) is 0.633. The molecule has 0 atom stereocenters. The number of amides is 2. The second-order valence-electron chi connectivity index (χ2n) is 6.99. The summed E-state index contributed by atoms with van der Waals surface area (Å²) in [6.45, 7) is 6.90. The zero-order valence-electron chi connectivity index (χ0n) is 16.5. The summed E-state index contributed by atoms with van der Waals surface area (Å²) < 4.78 is 6.37. The molecule has 1 saturated heterocycles. The number of primary amides is 1. The van der Waals surface area contributed by atoms with Crippen molar-refractivity contribution in [3.63, 3.8) is 0 Å². The van der Waals surface area contributed by atoms with E-state index in [1.165, 1.54) is 28.7 Å². The molecule has 8 nitrogen and oxygen atoms in total. The van der Waals surface area contributed by atoms with Crippen molar-refractivity contribution >= 4 is 40.0 Å². The van der Waals surface area contributed by atoms with Crippen molar-refractivity contribution in [2.75, 3.05) is 43.4 Å². The maximum Gasteiger partial charge on any atom is 0.260 e. The highest BCUT2D eigenvalue weighted by molar-refractivity contribution is 8.01. The molecule has 0 saturated carbocycles. The van der Waals surface area contributed by atoms with Gasteiger partial charge in [-0.15, -0.1) is 10.2 Å². The first-order chi connectivity index (χ1) is 13.9. The molecule has 2 aromatic rings. The molecule has 2 amide bonds. The summed E-state index contributed by atoms with van der Waals surface area (Å²) in [7, 11) is 0. The minimum Gasteiger partial charge on any atom is -0.484 e. The van der Waals surface area contributed by atoms with Crippen molar-refractivity contribution in [1.82, 2.24) is 15.1 Å². The van der Waals surface area contributed by atoms with Gasteiger partial charge in [-0.1, -0.05) is 49.1 Å². The van der Waals surface area contributed by atoms with E-state index in [0.717, 1.165) is 5.13 Å². The van der Waals surface area contributed by atoms with Gasteiger partial charge in [-0.25, -0.2) is 0 Å². The smallest absolute Gasteiger partial charge is 0.260 e. The molecule has 0 unspecified atom stereocenters. The van der Waals surface area contributed by atoms with E-state index < -0.39 is 0 Å². The van der Waals surface area contributed by atoms with E-state index in [1.807, 2.05) is 29.2 Å². The van der Waals surface area contributed by atoms with Gasteiger partial charge < -0.3 is 20.3 Å². The minimum absolute atomic E-state index is 0.0208. The van der Waals surface area contributed by atoms with Gasteiger partial charge in [0.1, 0.15) is 5.75 Å². The average molecular weight is 436 g/mol. The van der Waals surface area contributed by atoms with Crippen LogP contribution in [-0.2, 0) is 9.59 Å². The van der Waals surface area contributed by atoms with Crippen LogP contribution < -0.4 is 15.4 Å². The van der Waals surface area contributed by atoms with E-state index >= 15 is 0 Å². The standard InChI is InChI=1S/C19H25N5O3S2/c1-13(2)14-3-5-15(6-4-14)27-11-17(26)23-7-9-24(10-8-23)18-21-22-19(29-18)28-12-16(20)25/h3-6,13H,7-12H2,1-2H3,(H2,20,25). The van der Waals surface area contributed by atoms with Crippen LogP contribution in [0.15, 0.2) is 28.6 Å². The Morgan fingerprint density at radius 2 is 1.86 bits per heavy atom. The third-order valence-electron chi connectivity index (χ3n) is 4.55. The molecule has 0 bridgehead atoms. The van der Waals surface area contributed by atoms with Crippen LogP contribution in [0.25, 0.3) is 0 Å². The molecule has 1 fully saturated rings. The summed E-state index contributed by atoms with van der Waals surface area (Å²) in [5.74, 6) is 0.963. The summed E-state index contributed by atoms with van der Waals surface area (Å²) in [6.07, 6.45) is 0. The van der Waals surface area contributed by atoms with Crippen LogP contribution in [0.2, 0.25) is 0 Å². The molecule has 0 aliphatic carbocycles. The van der Waals surface area contributed by atoms with Crippen molar-refractivity contribution in [2.45, 2.75) is 24.1 Å². The molecule has 10 heteroatoms. The van der Waals surface area contributed by atoms with Crippen LogP contribution in [0.4, 0.5) is 5.13 Å². The van der Waals surface area contributed by atoms with Gasteiger partial charge in [0.05, 0.1) is 5.75 Å². The van der Waals surface area contributed by atoms with E-state index in [1.54, 1.807) is 0 Å². The molecule has 1 aromatic heterocycles. The molecule has 1 aromatic carbocycles. The monoisotopic (exact) mass is 435 g/mol. The van der Waals surface area contributed by atoms with E-state index in [2.05, 4.69) is 28.9 Å². The van der Waals surface area contributed by atoms with Gasteiger partial charge in [-0.2, -0.15) is 0 Å². The van der Waals surface area contributed by atoms with Crippen molar-refractivity contribution in [2.24, 2.45) is 5.73 Å². The molecule has 2 N–H and O–H groups in total. The van der Waals surface area contributed by atoms with Gasteiger partial charge in [-0.05, 0) is 23.6 Å². The molecule has 0 radical (unpaired) electrons. The van der Waals surface area contributed by atoms with E-state index in [-0.39, 0.29) is 24.2 Å². The summed E-state index contributed by atoms with van der Waals surface area (Å²) in [4.78, 5) is 27.2. The van der Waals surface area contributed by atoms with Gasteiger partial charge in [0.25, 0.3) is 5.91 Å². The van der Waals surface area contributed by atoms with Crippen LogP contribution in [0, 0.1) is 0 Å². The maximum atomic E-state index is 12.5. The van der Waals surface area contributed by atoms with E-state index in [0.29, 0.717) is 42.2 Å². The maximum absolute atomic E-state index is 12.5. The van der Waals surface area contributed by atoms with Crippen LogP contribution in [0.1, 0.15) is 25.3 Å². The summed E-state index contributed by atoms with van der Waals surface area (Å²) in [5.41, 5.74) is 6.40. The minimum atomic E-state index is -0.378. The van der Waals surface area contributed by atoms with Crippen molar-refractivity contribution in [1.29, 1.82) is 0 Å². The van der Waals surface area contributed by atoms with Crippen molar-refractivity contribution < 1.29 is 14.3 Å². The lowest BCUT2D eigenvalue weighted by molar-refractivity contribution is -0.133. The number of carbonyl (C=O) groups excluding carboxylic acids is 2. The number of rotatable bonds is 8. The molecule has 1 aliphatic rings. The zero-order chi connectivity index (χ0) is 20.8. The zero-order valence-corrected chi connectivity index (χ0v) is 18.2. The number of nitrogens with zero attached hydrogens (tertiary/aromatic N) is 4. The van der Waals surface area contributed by atoms with E-state index in [9.17, 15) is 9.59 Å². The summed E-state index contributed by atoms with van der Waals surface area (Å²) in [5, 5.41) is 9.05. The van der Waals surface area contributed by atoms with Gasteiger partial charge >= 0.3 is 0 Å². The Morgan fingerprint density at radius 1 is 1.17 bits per heavy atom. The Labute approximate surface area is 178 Å². The fraction of sp³-hybridized carbons (Fsp3) is 0.474. The normalized spacial score (nSPS) is 14.3. The van der Waals surface area contributed by atoms with Gasteiger partial charge in [0.15, 0.2) is 10.9 Å². The number of hydrogen-bond acceptors (Lipinski definition) is 8. The molecule has 1 aliphatic heterocycles. The lowest BCUT2D eigenvalue weighted by atomic mass is 10.0. The first kappa shape index (κ1) is 21.4. The molecule has 0 spiro atoms. The first-order valence-electron chi connectivity index (χ1n) is 9.42. The van der Waals surface area contributed by atoms with Gasteiger partial charge in [-0.3, -0.25) is 9.59 Å².